The average molecular weight is 290 g/mol. The van der Waals surface area contributed by atoms with E-state index in [0.29, 0.717) is 5.25 Å². The Morgan fingerprint density at radius 3 is 2.85 bits per heavy atom. The van der Waals surface area contributed by atoms with Crippen molar-refractivity contribution in [2.24, 2.45) is 0 Å². The lowest BCUT2D eigenvalue weighted by Gasteiger charge is -2.31. The van der Waals surface area contributed by atoms with Crippen LogP contribution in [0.5, 0.6) is 0 Å². The smallest absolute Gasteiger partial charge is 0.244 e. The molecular weight excluding hydrogens is 272 g/mol. The maximum absolute atomic E-state index is 12.3. The first-order chi connectivity index (χ1) is 9.78. The zero-order valence-corrected chi connectivity index (χ0v) is 12.3. The second kappa shape index (κ2) is 5.83. The van der Waals surface area contributed by atoms with Crippen LogP contribution >= 0.6 is 11.8 Å². The van der Waals surface area contributed by atoms with Gasteiger partial charge >= 0.3 is 0 Å². The third-order valence-corrected chi connectivity index (χ3v) is 4.97. The minimum atomic E-state index is 0.139. The number of carbonyl (C=O) groups is 1. The Labute approximate surface area is 122 Å². The van der Waals surface area contributed by atoms with Gasteiger partial charge < -0.3 is 4.90 Å². The number of fused-ring (bicyclic) bond motifs is 1. The van der Waals surface area contributed by atoms with Crippen LogP contribution in [0, 0.1) is 0 Å². The Balaban J connectivity index is 1.67. The predicted octanol–water partition coefficient (Wildman–Crippen LogP) is 1.79. The Bertz CT molecular complexity index is 604. The Hall–Kier alpha value is -1.56. The number of piperidine rings is 1. The molecule has 6 heteroatoms. The van der Waals surface area contributed by atoms with Crippen LogP contribution in [0.4, 0.5) is 0 Å². The number of nitrogens with zero attached hydrogens (tertiary/aromatic N) is 4. The van der Waals surface area contributed by atoms with E-state index in [9.17, 15) is 4.79 Å². The molecule has 0 saturated carbocycles. The monoisotopic (exact) mass is 290 g/mol. The van der Waals surface area contributed by atoms with Crippen LogP contribution in [0.15, 0.2) is 24.3 Å². The molecular formula is C14H18N4OS. The van der Waals surface area contributed by atoms with E-state index in [1.54, 1.807) is 4.68 Å². The number of hydrogen-bond donors (Lipinski definition) is 0. The van der Waals surface area contributed by atoms with Crippen molar-refractivity contribution in [1.29, 1.82) is 0 Å². The van der Waals surface area contributed by atoms with Crippen LogP contribution in [0.1, 0.15) is 12.8 Å². The summed E-state index contributed by atoms with van der Waals surface area (Å²) in [6.07, 6.45) is 4.32. The van der Waals surface area contributed by atoms with E-state index in [4.69, 9.17) is 0 Å². The van der Waals surface area contributed by atoms with Gasteiger partial charge in [-0.25, -0.2) is 4.68 Å². The van der Waals surface area contributed by atoms with E-state index < -0.39 is 0 Å². The van der Waals surface area contributed by atoms with Crippen molar-refractivity contribution in [3.05, 3.63) is 24.3 Å². The van der Waals surface area contributed by atoms with Gasteiger partial charge in [-0.2, -0.15) is 11.8 Å². The van der Waals surface area contributed by atoms with Crippen molar-refractivity contribution in [1.82, 2.24) is 19.9 Å². The SMILES string of the molecule is CSC1CCN(C(=O)Cn2nnc3ccccc32)CC1. The molecule has 0 unspecified atom stereocenters. The maximum Gasteiger partial charge on any atom is 0.244 e. The molecule has 20 heavy (non-hydrogen) atoms. The summed E-state index contributed by atoms with van der Waals surface area (Å²) in [6.45, 7) is 2.00. The molecule has 3 rings (SSSR count). The van der Waals surface area contributed by atoms with E-state index in [1.165, 1.54) is 0 Å². The number of hydrogen-bond acceptors (Lipinski definition) is 4. The van der Waals surface area contributed by atoms with Crippen LogP contribution in [0.25, 0.3) is 11.0 Å². The number of carbonyl (C=O) groups excluding carboxylic acids is 1. The van der Waals surface area contributed by atoms with Crippen molar-refractivity contribution < 1.29 is 4.79 Å². The molecule has 1 aromatic carbocycles. The molecule has 2 heterocycles. The number of aromatic nitrogens is 3. The largest absolute Gasteiger partial charge is 0.341 e. The Morgan fingerprint density at radius 1 is 1.35 bits per heavy atom. The summed E-state index contributed by atoms with van der Waals surface area (Å²) < 4.78 is 1.69. The molecule has 2 aromatic rings. The number of rotatable bonds is 3. The molecule has 0 aliphatic carbocycles. The zero-order valence-electron chi connectivity index (χ0n) is 11.5. The molecule has 0 N–H and O–H groups in total. The topological polar surface area (TPSA) is 51.0 Å². The van der Waals surface area contributed by atoms with Crippen LogP contribution in [-0.2, 0) is 11.3 Å². The molecule has 0 spiro atoms. The lowest BCUT2D eigenvalue weighted by Crippen LogP contribution is -2.41. The lowest BCUT2D eigenvalue weighted by molar-refractivity contribution is -0.132. The number of likely N-dealkylation sites (tertiary alicyclic amines) is 1. The fourth-order valence-corrected chi connectivity index (χ4v) is 3.29. The number of benzene rings is 1. The molecule has 0 bridgehead atoms. The normalized spacial score (nSPS) is 16.8. The molecule has 1 aromatic heterocycles. The Kier molecular flexibility index (Phi) is 3.91. The van der Waals surface area contributed by atoms with Gasteiger partial charge in [0, 0.05) is 18.3 Å². The minimum absolute atomic E-state index is 0.139. The third-order valence-electron chi connectivity index (χ3n) is 3.83. The summed E-state index contributed by atoms with van der Waals surface area (Å²) >= 11 is 1.90. The summed E-state index contributed by atoms with van der Waals surface area (Å²) in [5, 5.41) is 8.86. The fraction of sp³-hybridized carbons (Fsp3) is 0.500. The van der Waals surface area contributed by atoms with Gasteiger partial charge in [0.05, 0.1) is 5.52 Å². The quantitative estimate of drug-likeness (QED) is 0.865. The highest BCUT2D eigenvalue weighted by atomic mass is 32.2. The highest BCUT2D eigenvalue weighted by Gasteiger charge is 2.22. The van der Waals surface area contributed by atoms with Gasteiger partial charge in [-0.1, -0.05) is 17.3 Å². The van der Waals surface area contributed by atoms with Crippen molar-refractivity contribution in [2.45, 2.75) is 24.6 Å². The second-order valence-corrected chi connectivity index (χ2v) is 6.19. The molecule has 106 valence electrons. The van der Waals surface area contributed by atoms with E-state index in [-0.39, 0.29) is 12.5 Å². The van der Waals surface area contributed by atoms with Gasteiger partial charge in [0.2, 0.25) is 5.91 Å². The number of thioether (sulfide) groups is 1. The van der Waals surface area contributed by atoms with Crippen molar-refractivity contribution in [2.75, 3.05) is 19.3 Å². The van der Waals surface area contributed by atoms with Crippen LogP contribution in [-0.4, -0.2) is 50.4 Å². The van der Waals surface area contributed by atoms with Gasteiger partial charge in [-0.05, 0) is 31.2 Å². The average Bonchev–Trinajstić information content (AvgIpc) is 2.91. The second-order valence-electron chi connectivity index (χ2n) is 5.05. The van der Waals surface area contributed by atoms with Gasteiger partial charge in [-0.3, -0.25) is 4.79 Å². The first-order valence-corrected chi connectivity index (χ1v) is 8.15. The minimum Gasteiger partial charge on any atom is -0.341 e. The highest BCUT2D eigenvalue weighted by Crippen LogP contribution is 2.21. The van der Waals surface area contributed by atoms with Gasteiger partial charge in [0.25, 0.3) is 0 Å². The number of para-hydroxylation sites is 1. The molecule has 1 amide bonds. The molecule has 5 nitrogen and oxygen atoms in total. The van der Waals surface area contributed by atoms with Gasteiger partial charge in [0.15, 0.2) is 0 Å². The van der Waals surface area contributed by atoms with Crippen LogP contribution < -0.4 is 0 Å². The standard InChI is InChI=1S/C14H18N4OS/c1-20-11-6-8-17(9-7-11)14(19)10-18-13-5-3-2-4-12(13)15-16-18/h2-5,11H,6-10H2,1H3. The molecule has 0 radical (unpaired) electrons. The maximum atomic E-state index is 12.3. The number of amides is 1. The summed E-state index contributed by atoms with van der Waals surface area (Å²) in [4.78, 5) is 14.3. The van der Waals surface area contributed by atoms with Gasteiger partial charge in [0.1, 0.15) is 12.1 Å². The van der Waals surface area contributed by atoms with E-state index in [0.717, 1.165) is 37.0 Å². The van der Waals surface area contributed by atoms with Crippen molar-refractivity contribution in [3.63, 3.8) is 0 Å². The first-order valence-electron chi connectivity index (χ1n) is 6.86. The molecule has 1 fully saturated rings. The van der Waals surface area contributed by atoms with Crippen molar-refractivity contribution in [3.8, 4) is 0 Å². The molecule has 1 aliphatic rings. The summed E-state index contributed by atoms with van der Waals surface area (Å²) in [6, 6.07) is 7.73. The Morgan fingerprint density at radius 2 is 2.10 bits per heavy atom. The van der Waals surface area contributed by atoms with Crippen molar-refractivity contribution >= 4 is 28.7 Å². The lowest BCUT2D eigenvalue weighted by atomic mass is 10.1. The highest BCUT2D eigenvalue weighted by molar-refractivity contribution is 7.99. The summed E-state index contributed by atoms with van der Waals surface area (Å²) in [5.41, 5.74) is 1.75. The summed E-state index contributed by atoms with van der Waals surface area (Å²) in [5.74, 6) is 0.139. The molecule has 1 saturated heterocycles. The predicted molar refractivity (Wildman–Crippen MR) is 80.6 cm³/mol. The molecule has 1 aliphatic heterocycles. The van der Waals surface area contributed by atoms with Crippen LogP contribution in [0.2, 0.25) is 0 Å². The van der Waals surface area contributed by atoms with E-state index in [2.05, 4.69) is 16.6 Å². The summed E-state index contributed by atoms with van der Waals surface area (Å²) in [7, 11) is 0. The third kappa shape index (κ3) is 2.65. The van der Waals surface area contributed by atoms with E-state index in [1.807, 2.05) is 40.9 Å². The first kappa shape index (κ1) is 13.4. The zero-order chi connectivity index (χ0) is 13.9. The molecule has 0 atom stereocenters. The van der Waals surface area contributed by atoms with Gasteiger partial charge in [-0.15, -0.1) is 5.10 Å². The van der Waals surface area contributed by atoms with Crippen LogP contribution in [0.3, 0.4) is 0 Å². The van der Waals surface area contributed by atoms with E-state index >= 15 is 0 Å². The fourth-order valence-electron chi connectivity index (χ4n) is 2.60.